The van der Waals surface area contributed by atoms with Crippen LogP contribution in [0.3, 0.4) is 0 Å². The maximum atomic E-state index is 12.4. The molecule has 0 saturated carbocycles. The molecule has 0 spiro atoms. The highest BCUT2D eigenvalue weighted by molar-refractivity contribution is 8.00. The van der Waals surface area contributed by atoms with Crippen LogP contribution in [0.25, 0.3) is 0 Å². The SMILES string of the molecule is Cc1csc(N(C)C(=O)C(C)Sc2ccc(Cl)cc2)n1. The molecule has 6 heteroatoms. The van der Waals surface area contributed by atoms with Gasteiger partial charge in [-0.15, -0.1) is 23.1 Å². The summed E-state index contributed by atoms with van der Waals surface area (Å²) < 4.78 is 0. The highest BCUT2D eigenvalue weighted by atomic mass is 35.5. The molecule has 0 bridgehead atoms. The number of amides is 1. The number of rotatable bonds is 4. The summed E-state index contributed by atoms with van der Waals surface area (Å²) in [6, 6.07) is 7.50. The van der Waals surface area contributed by atoms with Gasteiger partial charge in [-0.3, -0.25) is 9.69 Å². The predicted octanol–water partition coefficient (Wildman–Crippen LogP) is 4.25. The van der Waals surface area contributed by atoms with Crippen LogP contribution in [0.2, 0.25) is 5.02 Å². The van der Waals surface area contributed by atoms with E-state index in [1.54, 1.807) is 11.9 Å². The van der Waals surface area contributed by atoms with Gasteiger partial charge in [-0.2, -0.15) is 0 Å². The first-order chi connectivity index (χ1) is 9.47. The predicted molar refractivity (Wildman–Crippen MR) is 87.0 cm³/mol. The van der Waals surface area contributed by atoms with Crippen molar-refractivity contribution in [1.82, 2.24) is 4.98 Å². The Morgan fingerprint density at radius 1 is 1.40 bits per heavy atom. The number of thioether (sulfide) groups is 1. The van der Waals surface area contributed by atoms with Crippen LogP contribution in [0.5, 0.6) is 0 Å². The third kappa shape index (κ3) is 3.75. The van der Waals surface area contributed by atoms with Crippen LogP contribution in [0.15, 0.2) is 34.5 Å². The third-order valence-corrected chi connectivity index (χ3v) is 5.09. The summed E-state index contributed by atoms with van der Waals surface area (Å²) >= 11 is 8.85. The van der Waals surface area contributed by atoms with Gasteiger partial charge in [-0.1, -0.05) is 11.6 Å². The number of thiazole rings is 1. The Morgan fingerprint density at radius 3 is 2.60 bits per heavy atom. The average molecular weight is 327 g/mol. The van der Waals surface area contributed by atoms with E-state index in [1.807, 2.05) is 43.5 Å². The van der Waals surface area contributed by atoms with Gasteiger partial charge in [-0.25, -0.2) is 4.98 Å². The van der Waals surface area contributed by atoms with Gasteiger partial charge < -0.3 is 0 Å². The van der Waals surface area contributed by atoms with E-state index < -0.39 is 0 Å². The smallest absolute Gasteiger partial charge is 0.241 e. The second-order valence-corrected chi connectivity index (χ2v) is 7.07. The fourth-order valence-electron chi connectivity index (χ4n) is 1.63. The van der Waals surface area contributed by atoms with Crippen molar-refractivity contribution in [2.24, 2.45) is 0 Å². The molecule has 1 atom stereocenters. The molecule has 0 aliphatic carbocycles. The molecule has 0 aliphatic heterocycles. The first-order valence-electron chi connectivity index (χ1n) is 6.09. The highest BCUT2D eigenvalue weighted by Gasteiger charge is 2.21. The minimum Gasteiger partial charge on any atom is -0.290 e. The van der Waals surface area contributed by atoms with Crippen LogP contribution >= 0.6 is 34.7 Å². The van der Waals surface area contributed by atoms with E-state index in [0.717, 1.165) is 15.7 Å². The van der Waals surface area contributed by atoms with E-state index in [2.05, 4.69) is 4.98 Å². The standard InChI is InChI=1S/C14H15ClN2OS2/c1-9-8-19-14(16-9)17(3)13(18)10(2)20-12-6-4-11(15)5-7-12/h4-8,10H,1-3H3. The molecule has 1 aromatic heterocycles. The zero-order chi connectivity index (χ0) is 14.7. The van der Waals surface area contributed by atoms with Crippen molar-refractivity contribution in [2.75, 3.05) is 11.9 Å². The van der Waals surface area contributed by atoms with Gasteiger partial charge in [0.25, 0.3) is 0 Å². The maximum Gasteiger partial charge on any atom is 0.241 e. The van der Waals surface area contributed by atoms with Gasteiger partial charge in [0.15, 0.2) is 5.13 Å². The number of carbonyl (C=O) groups is 1. The van der Waals surface area contributed by atoms with Crippen LogP contribution < -0.4 is 4.90 Å². The summed E-state index contributed by atoms with van der Waals surface area (Å²) in [4.78, 5) is 19.3. The molecule has 0 saturated heterocycles. The second-order valence-electron chi connectivity index (χ2n) is 4.38. The van der Waals surface area contributed by atoms with Crippen LogP contribution in [-0.4, -0.2) is 23.2 Å². The van der Waals surface area contributed by atoms with E-state index in [1.165, 1.54) is 23.1 Å². The van der Waals surface area contributed by atoms with Crippen molar-refractivity contribution in [2.45, 2.75) is 24.0 Å². The minimum atomic E-state index is -0.176. The molecule has 3 nitrogen and oxygen atoms in total. The Labute approximate surface area is 132 Å². The number of nitrogens with zero attached hydrogens (tertiary/aromatic N) is 2. The van der Waals surface area contributed by atoms with E-state index in [-0.39, 0.29) is 11.2 Å². The molecular weight excluding hydrogens is 312 g/mol. The molecule has 1 heterocycles. The van der Waals surface area contributed by atoms with E-state index in [4.69, 9.17) is 11.6 Å². The number of hydrogen-bond donors (Lipinski definition) is 0. The lowest BCUT2D eigenvalue weighted by atomic mass is 10.4. The number of carbonyl (C=O) groups excluding carboxylic acids is 1. The molecule has 0 radical (unpaired) electrons. The van der Waals surface area contributed by atoms with Gasteiger partial charge in [0.2, 0.25) is 5.91 Å². The van der Waals surface area contributed by atoms with Crippen molar-refractivity contribution in [3.05, 3.63) is 40.4 Å². The number of anilines is 1. The summed E-state index contributed by atoms with van der Waals surface area (Å²) in [6.07, 6.45) is 0. The first kappa shape index (κ1) is 15.4. The summed E-state index contributed by atoms with van der Waals surface area (Å²) in [5, 5.41) is 3.20. The van der Waals surface area contributed by atoms with Crippen molar-refractivity contribution in [1.29, 1.82) is 0 Å². The Kier molecular flexibility index (Phi) is 5.07. The Balaban J connectivity index is 2.03. The molecule has 0 aliphatic rings. The van der Waals surface area contributed by atoms with Gasteiger partial charge in [0.1, 0.15) is 0 Å². The fourth-order valence-corrected chi connectivity index (χ4v) is 3.49. The zero-order valence-corrected chi connectivity index (χ0v) is 13.9. The van der Waals surface area contributed by atoms with E-state index >= 15 is 0 Å². The molecule has 2 rings (SSSR count). The molecule has 106 valence electrons. The second kappa shape index (κ2) is 6.61. The van der Waals surface area contributed by atoms with Crippen LogP contribution in [-0.2, 0) is 4.79 Å². The van der Waals surface area contributed by atoms with E-state index in [0.29, 0.717) is 5.02 Å². The molecular formula is C14H15ClN2OS2. The monoisotopic (exact) mass is 326 g/mol. The normalized spacial score (nSPS) is 12.2. The molecule has 1 amide bonds. The lowest BCUT2D eigenvalue weighted by Gasteiger charge is -2.18. The molecule has 0 fully saturated rings. The molecule has 20 heavy (non-hydrogen) atoms. The van der Waals surface area contributed by atoms with Crippen LogP contribution in [0.1, 0.15) is 12.6 Å². The van der Waals surface area contributed by atoms with Crippen molar-refractivity contribution >= 4 is 45.7 Å². The fraction of sp³-hybridized carbons (Fsp3) is 0.286. The average Bonchev–Trinajstić information content (AvgIpc) is 2.86. The summed E-state index contributed by atoms with van der Waals surface area (Å²) in [6.45, 7) is 3.82. The topological polar surface area (TPSA) is 33.2 Å². The molecule has 0 N–H and O–H groups in total. The summed E-state index contributed by atoms with van der Waals surface area (Å²) in [5.74, 6) is 0.0410. The number of halogens is 1. The molecule has 1 aromatic carbocycles. The van der Waals surface area contributed by atoms with Crippen molar-refractivity contribution < 1.29 is 4.79 Å². The van der Waals surface area contributed by atoms with Gasteiger partial charge >= 0.3 is 0 Å². The van der Waals surface area contributed by atoms with Crippen molar-refractivity contribution in [3.63, 3.8) is 0 Å². The highest BCUT2D eigenvalue weighted by Crippen LogP contribution is 2.27. The zero-order valence-electron chi connectivity index (χ0n) is 11.5. The molecule has 1 unspecified atom stereocenters. The lowest BCUT2D eigenvalue weighted by Crippen LogP contribution is -2.33. The number of benzene rings is 1. The molecule has 2 aromatic rings. The number of aryl methyl sites for hydroxylation is 1. The lowest BCUT2D eigenvalue weighted by molar-refractivity contribution is -0.117. The van der Waals surface area contributed by atoms with Crippen LogP contribution in [0.4, 0.5) is 5.13 Å². The maximum absolute atomic E-state index is 12.4. The Morgan fingerprint density at radius 2 is 2.05 bits per heavy atom. The van der Waals surface area contributed by atoms with Crippen molar-refractivity contribution in [3.8, 4) is 0 Å². The Bertz CT molecular complexity index is 597. The van der Waals surface area contributed by atoms with Crippen LogP contribution in [0, 0.1) is 6.92 Å². The number of hydrogen-bond acceptors (Lipinski definition) is 4. The Hall–Kier alpha value is -1.04. The van der Waals surface area contributed by atoms with E-state index in [9.17, 15) is 4.79 Å². The minimum absolute atomic E-state index is 0.0410. The summed E-state index contributed by atoms with van der Waals surface area (Å²) in [5.41, 5.74) is 0.933. The summed E-state index contributed by atoms with van der Waals surface area (Å²) in [7, 11) is 1.76. The largest absolute Gasteiger partial charge is 0.290 e. The quantitative estimate of drug-likeness (QED) is 0.787. The first-order valence-corrected chi connectivity index (χ1v) is 8.23. The van der Waals surface area contributed by atoms with Gasteiger partial charge in [0, 0.05) is 22.3 Å². The van der Waals surface area contributed by atoms with Gasteiger partial charge in [0.05, 0.1) is 10.9 Å². The third-order valence-electron chi connectivity index (χ3n) is 2.70. The van der Waals surface area contributed by atoms with Gasteiger partial charge in [-0.05, 0) is 38.1 Å². The number of aromatic nitrogens is 1.